The van der Waals surface area contributed by atoms with E-state index in [9.17, 15) is 0 Å². The molecule has 20 heavy (non-hydrogen) atoms. The van der Waals surface area contributed by atoms with Crippen LogP contribution in [0.15, 0.2) is 42.7 Å². The zero-order valence-electron chi connectivity index (χ0n) is 12.4. The van der Waals surface area contributed by atoms with Crippen LogP contribution in [-0.4, -0.2) is 22.6 Å². The largest absolute Gasteiger partial charge is 0.330 e. The lowest BCUT2D eigenvalue weighted by atomic mass is 10.2. The van der Waals surface area contributed by atoms with E-state index in [1.54, 1.807) is 0 Å². The number of unbranched alkanes of at least 4 members (excludes halogenated alkanes) is 3. The Morgan fingerprint density at radius 2 is 1.90 bits per heavy atom. The Hall–Kier alpha value is -1.61. The number of benzene rings is 1. The summed E-state index contributed by atoms with van der Waals surface area (Å²) in [6.45, 7) is 5.34. The molecule has 0 fully saturated rings. The summed E-state index contributed by atoms with van der Waals surface area (Å²) >= 11 is 0. The summed E-state index contributed by atoms with van der Waals surface area (Å²) < 4.78 is 2.22. The lowest BCUT2D eigenvalue weighted by Gasteiger charge is -2.09. The van der Waals surface area contributed by atoms with Gasteiger partial charge in [-0.25, -0.2) is 4.98 Å². The number of rotatable bonds is 9. The van der Waals surface area contributed by atoms with Crippen LogP contribution >= 0.6 is 0 Å². The van der Waals surface area contributed by atoms with Crippen molar-refractivity contribution < 1.29 is 0 Å². The predicted molar refractivity (Wildman–Crippen MR) is 84.7 cm³/mol. The van der Waals surface area contributed by atoms with Gasteiger partial charge in [-0.1, -0.05) is 56.5 Å². The van der Waals surface area contributed by atoms with Crippen molar-refractivity contribution in [3.05, 3.63) is 42.7 Å². The standard InChI is InChI=1S/C17H25N3/c1-2-3-4-8-11-18-12-14-20-15-13-19-17(20)16-9-6-5-7-10-16/h5-7,9-10,13,15,18H,2-4,8,11-12,14H2,1H3. The maximum Gasteiger partial charge on any atom is 0.139 e. The molecule has 0 saturated heterocycles. The van der Waals surface area contributed by atoms with Gasteiger partial charge in [0.15, 0.2) is 0 Å². The lowest BCUT2D eigenvalue weighted by molar-refractivity contribution is 0.563. The summed E-state index contributed by atoms with van der Waals surface area (Å²) in [6, 6.07) is 10.4. The summed E-state index contributed by atoms with van der Waals surface area (Å²) in [6.07, 6.45) is 9.20. The minimum Gasteiger partial charge on any atom is -0.330 e. The van der Waals surface area contributed by atoms with Crippen molar-refractivity contribution in [3.63, 3.8) is 0 Å². The van der Waals surface area contributed by atoms with Gasteiger partial charge in [0.25, 0.3) is 0 Å². The molecule has 0 aliphatic heterocycles. The van der Waals surface area contributed by atoms with Crippen molar-refractivity contribution in [1.29, 1.82) is 0 Å². The van der Waals surface area contributed by atoms with Crippen molar-refractivity contribution in [2.75, 3.05) is 13.1 Å². The average Bonchev–Trinajstić information content (AvgIpc) is 2.96. The molecule has 1 N–H and O–H groups in total. The first kappa shape index (κ1) is 14.8. The highest BCUT2D eigenvalue weighted by Crippen LogP contribution is 2.16. The van der Waals surface area contributed by atoms with Gasteiger partial charge in [-0.3, -0.25) is 0 Å². The summed E-state index contributed by atoms with van der Waals surface area (Å²) in [5, 5.41) is 3.51. The van der Waals surface area contributed by atoms with E-state index in [0.717, 1.165) is 25.5 Å². The van der Waals surface area contributed by atoms with Crippen LogP contribution in [-0.2, 0) is 6.54 Å². The van der Waals surface area contributed by atoms with E-state index in [4.69, 9.17) is 0 Å². The maximum absolute atomic E-state index is 4.46. The third kappa shape index (κ3) is 4.49. The summed E-state index contributed by atoms with van der Waals surface area (Å²) in [4.78, 5) is 4.46. The molecule has 3 heteroatoms. The Morgan fingerprint density at radius 3 is 2.70 bits per heavy atom. The number of nitrogens with one attached hydrogen (secondary N) is 1. The van der Waals surface area contributed by atoms with Gasteiger partial charge in [-0.15, -0.1) is 0 Å². The molecule has 3 nitrogen and oxygen atoms in total. The van der Waals surface area contributed by atoms with Gasteiger partial charge >= 0.3 is 0 Å². The number of imidazole rings is 1. The van der Waals surface area contributed by atoms with Crippen LogP contribution in [0.2, 0.25) is 0 Å². The van der Waals surface area contributed by atoms with E-state index in [2.05, 4.69) is 52.3 Å². The number of hydrogen-bond donors (Lipinski definition) is 1. The molecule has 0 spiro atoms. The van der Waals surface area contributed by atoms with Crippen LogP contribution in [0.4, 0.5) is 0 Å². The van der Waals surface area contributed by atoms with Gasteiger partial charge in [0.2, 0.25) is 0 Å². The summed E-state index contributed by atoms with van der Waals surface area (Å²) in [5.74, 6) is 1.05. The van der Waals surface area contributed by atoms with Gasteiger partial charge in [0.1, 0.15) is 5.82 Å². The average molecular weight is 271 g/mol. The molecule has 0 bridgehead atoms. The third-order valence-electron chi connectivity index (χ3n) is 3.48. The Labute approximate surface area is 122 Å². The third-order valence-corrected chi connectivity index (χ3v) is 3.48. The van der Waals surface area contributed by atoms with Crippen molar-refractivity contribution in [1.82, 2.24) is 14.9 Å². The number of aromatic nitrogens is 2. The van der Waals surface area contributed by atoms with Crippen molar-refractivity contribution in [2.24, 2.45) is 0 Å². The Kier molecular flexibility index (Phi) is 6.32. The molecule has 2 rings (SSSR count). The second-order valence-electron chi connectivity index (χ2n) is 5.12. The Balaban J connectivity index is 1.76. The predicted octanol–water partition coefficient (Wildman–Crippen LogP) is 3.72. The van der Waals surface area contributed by atoms with Gasteiger partial charge in [0.05, 0.1) is 0 Å². The molecular formula is C17H25N3. The first-order chi connectivity index (χ1) is 9.92. The SMILES string of the molecule is CCCCCCNCCn1ccnc1-c1ccccc1. The fourth-order valence-corrected chi connectivity index (χ4v) is 2.34. The van der Waals surface area contributed by atoms with Gasteiger partial charge < -0.3 is 9.88 Å². The molecule has 2 aromatic rings. The normalized spacial score (nSPS) is 10.8. The first-order valence-electron chi connectivity index (χ1n) is 7.69. The molecule has 0 amide bonds. The molecule has 0 aliphatic carbocycles. The van der Waals surface area contributed by atoms with Gasteiger partial charge in [0, 0.05) is 31.0 Å². The van der Waals surface area contributed by atoms with Crippen molar-refractivity contribution in [2.45, 2.75) is 39.2 Å². The molecular weight excluding hydrogens is 246 g/mol. The lowest BCUT2D eigenvalue weighted by Crippen LogP contribution is -2.21. The van der Waals surface area contributed by atoms with E-state index < -0.39 is 0 Å². The minimum atomic E-state index is 0.970. The minimum absolute atomic E-state index is 0.970. The van der Waals surface area contributed by atoms with E-state index in [1.165, 1.54) is 31.2 Å². The van der Waals surface area contributed by atoms with Crippen LogP contribution in [0.25, 0.3) is 11.4 Å². The second kappa shape index (κ2) is 8.54. The zero-order chi connectivity index (χ0) is 14.0. The Bertz CT molecular complexity index is 476. The highest BCUT2D eigenvalue weighted by molar-refractivity contribution is 5.55. The first-order valence-corrected chi connectivity index (χ1v) is 7.69. The van der Waals surface area contributed by atoms with Crippen molar-refractivity contribution >= 4 is 0 Å². The molecule has 108 valence electrons. The van der Waals surface area contributed by atoms with E-state index >= 15 is 0 Å². The van der Waals surface area contributed by atoms with Crippen LogP contribution in [0, 0.1) is 0 Å². The number of nitrogens with zero attached hydrogens (tertiary/aromatic N) is 2. The second-order valence-corrected chi connectivity index (χ2v) is 5.12. The molecule has 0 atom stereocenters. The van der Waals surface area contributed by atoms with E-state index in [0.29, 0.717) is 0 Å². The zero-order valence-corrected chi connectivity index (χ0v) is 12.4. The fraction of sp³-hybridized carbons (Fsp3) is 0.471. The quantitative estimate of drug-likeness (QED) is 0.704. The van der Waals surface area contributed by atoms with Crippen LogP contribution in [0.1, 0.15) is 32.6 Å². The summed E-state index contributed by atoms with van der Waals surface area (Å²) in [5.41, 5.74) is 1.18. The molecule has 1 aromatic heterocycles. The number of hydrogen-bond acceptors (Lipinski definition) is 2. The highest BCUT2D eigenvalue weighted by Gasteiger charge is 2.04. The molecule has 0 unspecified atom stereocenters. The molecule has 0 aliphatic rings. The molecule has 1 aromatic carbocycles. The van der Waals surface area contributed by atoms with E-state index in [-0.39, 0.29) is 0 Å². The van der Waals surface area contributed by atoms with Crippen LogP contribution < -0.4 is 5.32 Å². The fourth-order valence-electron chi connectivity index (χ4n) is 2.34. The molecule has 0 radical (unpaired) electrons. The molecule has 0 saturated carbocycles. The Morgan fingerprint density at radius 1 is 1.05 bits per heavy atom. The van der Waals surface area contributed by atoms with Crippen LogP contribution in [0.5, 0.6) is 0 Å². The highest BCUT2D eigenvalue weighted by atomic mass is 15.1. The van der Waals surface area contributed by atoms with Gasteiger partial charge in [-0.2, -0.15) is 0 Å². The van der Waals surface area contributed by atoms with E-state index in [1.807, 2.05) is 12.3 Å². The van der Waals surface area contributed by atoms with Crippen LogP contribution in [0.3, 0.4) is 0 Å². The summed E-state index contributed by atoms with van der Waals surface area (Å²) in [7, 11) is 0. The van der Waals surface area contributed by atoms with Crippen molar-refractivity contribution in [3.8, 4) is 11.4 Å². The monoisotopic (exact) mass is 271 g/mol. The maximum atomic E-state index is 4.46. The molecule has 1 heterocycles. The smallest absolute Gasteiger partial charge is 0.139 e. The van der Waals surface area contributed by atoms with Gasteiger partial charge in [-0.05, 0) is 13.0 Å². The topological polar surface area (TPSA) is 29.9 Å².